The molecule has 1 aliphatic carbocycles. The van der Waals surface area contributed by atoms with E-state index in [-0.39, 0.29) is 43.7 Å². The number of amides is 3. The van der Waals surface area contributed by atoms with Crippen LogP contribution in [-0.4, -0.2) is 55.5 Å². The van der Waals surface area contributed by atoms with E-state index < -0.39 is 24.0 Å². The Morgan fingerprint density at radius 1 is 0.938 bits per heavy atom. The van der Waals surface area contributed by atoms with E-state index in [2.05, 4.69) is 29.6 Å². The average Bonchev–Trinajstić information content (AvgIpc) is 3.58. The summed E-state index contributed by atoms with van der Waals surface area (Å²) in [4.78, 5) is 41.1. The van der Waals surface area contributed by atoms with Crippen LogP contribution in [0.3, 0.4) is 0 Å². The highest BCUT2D eigenvalue weighted by Crippen LogP contribution is 2.43. The number of nitrogens with one attached hydrogen (secondary N) is 1. The van der Waals surface area contributed by atoms with Crippen molar-refractivity contribution in [1.29, 1.82) is 0 Å². The molecule has 0 unspecified atom stereocenters. The number of hydrogen-bond donors (Lipinski definition) is 2. The Kier molecular flexibility index (Phi) is 8.85. The van der Waals surface area contributed by atoms with E-state index in [0.717, 1.165) is 16.9 Å². The molecule has 3 aliphatic rings. The topological polar surface area (TPSA) is 114 Å². The van der Waals surface area contributed by atoms with Gasteiger partial charge in [0.1, 0.15) is 0 Å². The zero-order valence-electron chi connectivity index (χ0n) is 26.2. The normalized spacial score (nSPS) is 17.8. The van der Waals surface area contributed by atoms with Crippen molar-refractivity contribution in [1.82, 2.24) is 0 Å². The highest BCUT2D eigenvalue weighted by molar-refractivity contribution is 6.37. The Morgan fingerprint density at radius 3 is 2.58 bits per heavy atom. The van der Waals surface area contributed by atoms with Crippen molar-refractivity contribution >= 4 is 40.7 Å². The van der Waals surface area contributed by atoms with Gasteiger partial charge in [0, 0.05) is 23.0 Å². The first-order valence-electron chi connectivity index (χ1n) is 15.8. The third kappa shape index (κ3) is 6.02. The Bertz CT molecular complexity index is 1970. The number of benzene rings is 4. The Labute approximate surface area is 282 Å². The van der Waals surface area contributed by atoms with Crippen LogP contribution in [0, 0.1) is 6.92 Å². The Balaban J connectivity index is 1.12. The average molecular weight is 665 g/mol. The lowest BCUT2D eigenvalue weighted by atomic mass is 9.87. The number of ether oxygens (including phenoxy) is 3. The summed E-state index contributed by atoms with van der Waals surface area (Å²) in [6.07, 6.45) is 2.45. The molecule has 0 bridgehead atoms. The van der Waals surface area contributed by atoms with E-state index >= 15 is 0 Å². The van der Waals surface area contributed by atoms with Crippen LogP contribution in [0.5, 0.6) is 0 Å². The van der Waals surface area contributed by atoms with Gasteiger partial charge in [-0.25, -0.2) is 4.90 Å². The van der Waals surface area contributed by atoms with Crippen molar-refractivity contribution in [3.63, 3.8) is 0 Å². The van der Waals surface area contributed by atoms with Gasteiger partial charge < -0.3 is 24.6 Å². The summed E-state index contributed by atoms with van der Waals surface area (Å²) in [5.41, 5.74) is 8.09. The lowest BCUT2D eigenvalue weighted by Gasteiger charge is -2.30. The summed E-state index contributed by atoms with van der Waals surface area (Å²) in [5.74, 6) is -1.37. The third-order valence-corrected chi connectivity index (χ3v) is 9.11. The molecule has 0 spiro atoms. The minimum absolute atomic E-state index is 0.0792. The van der Waals surface area contributed by atoms with Crippen LogP contribution >= 0.6 is 11.6 Å². The second-order valence-corrected chi connectivity index (χ2v) is 12.4. The van der Waals surface area contributed by atoms with Crippen LogP contribution < -0.4 is 10.2 Å². The second kappa shape index (κ2) is 13.4. The fourth-order valence-electron chi connectivity index (χ4n) is 6.68. The molecule has 244 valence electrons. The number of imide groups is 1. The minimum Gasteiger partial charge on any atom is -0.459 e. The number of aliphatic hydroxyl groups excluding tert-OH is 1. The summed E-state index contributed by atoms with van der Waals surface area (Å²) in [5, 5.41) is 12.3. The van der Waals surface area contributed by atoms with Gasteiger partial charge in [-0.1, -0.05) is 54.1 Å². The number of fused-ring (bicyclic) bond motifs is 4. The van der Waals surface area contributed by atoms with Crippen molar-refractivity contribution < 1.29 is 33.7 Å². The Morgan fingerprint density at radius 2 is 1.75 bits per heavy atom. The highest BCUT2D eigenvalue weighted by Gasteiger charge is 2.38. The van der Waals surface area contributed by atoms with E-state index in [0.29, 0.717) is 33.9 Å². The number of nitrogens with zero attached hydrogens (tertiary/aromatic N) is 1. The SMILES string of the molecule is Cc1cc(NC(=O)C2=C[C@H](c3cccc4c3Cc3ccccc3-4)C[C@H](OCCOCCO)O2)ccc1N1C(=O)c2ccc(Cl)cc2C1=O. The molecule has 2 atom stereocenters. The number of aryl methyl sites for hydroxylation is 1. The number of anilines is 2. The molecule has 2 heterocycles. The molecule has 0 radical (unpaired) electrons. The maximum Gasteiger partial charge on any atom is 0.290 e. The van der Waals surface area contributed by atoms with Crippen LogP contribution in [0.25, 0.3) is 11.1 Å². The van der Waals surface area contributed by atoms with Crippen molar-refractivity contribution in [2.45, 2.75) is 32.0 Å². The fraction of sp³-hybridized carbons (Fsp3) is 0.237. The number of carbonyl (C=O) groups excluding carboxylic acids is 3. The van der Waals surface area contributed by atoms with Gasteiger partial charge in [0.15, 0.2) is 5.76 Å². The molecule has 3 amide bonds. The van der Waals surface area contributed by atoms with Gasteiger partial charge in [0.2, 0.25) is 6.29 Å². The third-order valence-electron chi connectivity index (χ3n) is 8.88. The number of allylic oxidation sites excluding steroid dienone is 1. The zero-order chi connectivity index (χ0) is 33.4. The van der Waals surface area contributed by atoms with E-state index in [9.17, 15) is 14.4 Å². The van der Waals surface area contributed by atoms with E-state index in [1.807, 2.05) is 24.3 Å². The molecule has 0 saturated heterocycles. The smallest absolute Gasteiger partial charge is 0.290 e. The first-order valence-corrected chi connectivity index (χ1v) is 16.2. The van der Waals surface area contributed by atoms with Crippen LogP contribution in [0.1, 0.15) is 55.3 Å². The Hall–Kier alpha value is -4.80. The molecule has 9 nitrogen and oxygen atoms in total. The van der Waals surface area contributed by atoms with E-state index in [1.54, 1.807) is 37.3 Å². The van der Waals surface area contributed by atoms with Crippen molar-refractivity contribution in [2.75, 3.05) is 36.6 Å². The van der Waals surface area contributed by atoms with Gasteiger partial charge in [-0.3, -0.25) is 14.4 Å². The fourth-order valence-corrected chi connectivity index (χ4v) is 6.85. The number of halogens is 1. The maximum atomic E-state index is 13.7. The van der Waals surface area contributed by atoms with Crippen molar-refractivity contribution in [3.8, 4) is 11.1 Å². The van der Waals surface area contributed by atoms with E-state index in [1.165, 1.54) is 28.3 Å². The first kappa shape index (κ1) is 31.8. The molecule has 0 fully saturated rings. The lowest BCUT2D eigenvalue weighted by molar-refractivity contribution is -0.148. The molecule has 2 aliphatic heterocycles. The summed E-state index contributed by atoms with van der Waals surface area (Å²) in [7, 11) is 0. The van der Waals surface area contributed by atoms with Gasteiger partial charge in [0.05, 0.1) is 43.2 Å². The molecule has 48 heavy (non-hydrogen) atoms. The van der Waals surface area contributed by atoms with Crippen molar-refractivity contribution in [3.05, 3.63) is 129 Å². The van der Waals surface area contributed by atoms with Crippen molar-refractivity contribution in [2.24, 2.45) is 0 Å². The summed E-state index contributed by atoms with van der Waals surface area (Å²) in [6, 6.07) is 24.3. The maximum absolute atomic E-state index is 13.7. The highest BCUT2D eigenvalue weighted by atomic mass is 35.5. The molecular weight excluding hydrogens is 632 g/mol. The predicted molar refractivity (Wildman–Crippen MR) is 181 cm³/mol. The monoisotopic (exact) mass is 664 g/mol. The molecule has 10 heteroatoms. The van der Waals surface area contributed by atoms with Gasteiger partial charge in [-0.15, -0.1) is 0 Å². The van der Waals surface area contributed by atoms with Crippen LogP contribution in [0.2, 0.25) is 5.02 Å². The second-order valence-electron chi connectivity index (χ2n) is 11.9. The van der Waals surface area contributed by atoms with Gasteiger partial charge in [-0.2, -0.15) is 0 Å². The lowest BCUT2D eigenvalue weighted by Crippen LogP contribution is -2.31. The largest absolute Gasteiger partial charge is 0.459 e. The molecule has 7 rings (SSSR count). The van der Waals surface area contributed by atoms with Gasteiger partial charge >= 0.3 is 0 Å². The number of aliphatic hydroxyl groups is 1. The number of hydrogen-bond acceptors (Lipinski definition) is 7. The quantitative estimate of drug-likeness (QED) is 0.131. The summed E-state index contributed by atoms with van der Waals surface area (Å²) in [6.45, 7) is 2.41. The van der Waals surface area contributed by atoms with E-state index in [4.69, 9.17) is 30.9 Å². The molecule has 2 N–H and O–H groups in total. The summed E-state index contributed by atoms with van der Waals surface area (Å²) >= 11 is 6.08. The van der Waals surface area contributed by atoms with Crippen LogP contribution in [0.4, 0.5) is 11.4 Å². The molecule has 4 aromatic carbocycles. The molecular formula is C38H33ClN2O7. The predicted octanol–water partition coefficient (Wildman–Crippen LogP) is 6.40. The number of carbonyl (C=O) groups is 3. The first-order chi connectivity index (χ1) is 23.3. The summed E-state index contributed by atoms with van der Waals surface area (Å²) < 4.78 is 17.4. The minimum atomic E-state index is -0.704. The zero-order valence-corrected chi connectivity index (χ0v) is 27.0. The molecule has 0 saturated carbocycles. The number of rotatable bonds is 10. The van der Waals surface area contributed by atoms with Crippen LogP contribution in [-0.2, 0) is 25.4 Å². The molecule has 0 aromatic heterocycles. The van der Waals surface area contributed by atoms with Crippen LogP contribution in [0.15, 0.2) is 90.7 Å². The standard InChI is InChI=1S/C38H33ClN2O7/c1-22-17-26(10-12-33(22)41-37(44)30-11-9-25(39)21-32(30)38(41)45)40-36(43)34-19-24(20-35(48-34)47-16-15-46-14-13-42)28-7-4-8-29-27-6-3-2-5-23(27)18-31(28)29/h2-12,17,19,21,24,35,42H,13-16,18,20H2,1H3,(H,40,43)/t24-,35+/m0/s1. The van der Waals surface area contributed by atoms with Gasteiger partial charge in [0.25, 0.3) is 17.7 Å². The molecule has 4 aromatic rings. The van der Waals surface area contributed by atoms with Gasteiger partial charge in [-0.05, 0) is 89.2 Å².